The highest BCUT2D eigenvalue weighted by Gasteiger charge is 2.12. The van der Waals surface area contributed by atoms with Gasteiger partial charge in [0.05, 0.1) is 0 Å². The molecule has 3 aromatic carbocycles. The van der Waals surface area contributed by atoms with E-state index in [-0.39, 0.29) is 12.5 Å². The molecule has 4 heteroatoms. The third-order valence-electron chi connectivity index (χ3n) is 3.70. The maximum atomic E-state index is 12.3. The molecule has 0 aliphatic heterocycles. The molecule has 0 bridgehead atoms. The van der Waals surface area contributed by atoms with Crippen molar-refractivity contribution in [2.45, 2.75) is 0 Å². The van der Waals surface area contributed by atoms with Gasteiger partial charge in [0.25, 0.3) is 5.91 Å². The van der Waals surface area contributed by atoms with Crippen LogP contribution in [0.2, 0.25) is 5.02 Å². The van der Waals surface area contributed by atoms with Crippen LogP contribution in [0.1, 0.15) is 0 Å². The Morgan fingerprint density at radius 3 is 2.35 bits per heavy atom. The van der Waals surface area contributed by atoms with Crippen molar-refractivity contribution in [3.05, 3.63) is 71.8 Å². The van der Waals surface area contributed by atoms with E-state index in [1.165, 1.54) is 0 Å². The zero-order valence-electron chi connectivity index (χ0n) is 12.7. The Hall–Kier alpha value is -2.52. The Morgan fingerprint density at radius 1 is 0.957 bits per heavy atom. The number of fused-ring (bicyclic) bond motifs is 1. The highest BCUT2D eigenvalue weighted by molar-refractivity contribution is 6.35. The Labute approximate surface area is 140 Å². The van der Waals surface area contributed by atoms with Crippen molar-refractivity contribution in [3.63, 3.8) is 0 Å². The number of rotatable bonds is 4. The van der Waals surface area contributed by atoms with Crippen LogP contribution in [0.25, 0.3) is 10.8 Å². The third-order valence-corrected chi connectivity index (χ3v) is 4.03. The predicted molar refractivity (Wildman–Crippen MR) is 94.3 cm³/mol. The average molecular weight is 326 g/mol. The first-order valence-corrected chi connectivity index (χ1v) is 7.66. The van der Waals surface area contributed by atoms with Gasteiger partial charge < -0.3 is 9.64 Å². The first-order valence-electron chi connectivity index (χ1n) is 7.28. The number of hydrogen-bond donors (Lipinski definition) is 0. The molecule has 0 aromatic heterocycles. The molecule has 0 fully saturated rings. The lowest BCUT2D eigenvalue weighted by Crippen LogP contribution is -2.31. The lowest BCUT2D eigenvalue weighted by atomic mass is 10.1. The van der Waals surface area contributed by atoms with E-state index in [4.69, 9.17) is 16.3 Å². The number of benzene rings is 3. The molecule has 3 rings (SSSR count). The summed E-state index contributed by atoms with van der Waals surface area (Å²) < 4.78 is 5.73. The highest BCUT2D eigenvalue weighted by Crippen LogP contribution is 2.31. The molecule has 1 amide bonds. The second-order valence-electron chi connectivity index (χ2n) is 5.17. The molecular formula is C19H16ClNO2. The van der Waals surface area contributed by atoms with Crippen molar-refractivity contribution in [3.8, 4) is 5.75 Å². The molecule has 0 saturated carbocycles. The minimum Gasteiger partial charge on any atom is -0.483 e. The molecule has 23 heavy (non-hydrogen) atoms. The largest absolute Gasteiger partial charge is 0.483 e. The van der Waals surface area contributed by atoms with Gasteiger partial charge in [-0.15, -0.1) is 0 Å². The standard InChI is InChI=1S/C19H16ClNO2/c1-21(14-7-3-2-4-8-14)19(22)13-23-18-12-11-17(20)15-9-5-6-10-16(15)18/h2-12H,13H2,1H3. The minimum absolute atomic E-state index is 0.0307. The molecule has 0 saturated heterocycles. The van der Waals surface area contributed by atoms with E-state index in [0.29, 0.717) is 10.8 Å². The van der Waals surface area contributed by atoms with E-state index < -0.39 is 0 Å². The van der Waals surface area contributed by atoms with Crippen LogP contribution in [0.5, 0.6) is 5.75 Å². The topological polar surface area (TPSA) is 29.5 Å². The number of ether oxygens (including phenoxy) is 1. The fraction of sp³-hybridized carbons (Fsp3) is 0.105. The first kappa shape index (κ1) is 15.4. The average Bonchev–Trinajstić information content (AvgIpc) is 2.61. The minimum atomic E-state index is -0.116. The van der Waals surface area contributed by atoms with E-state index >= 15 is 0 Å². The van der Waals surface area contributed by atoms with Gasteiger partial charge in [-0.2, -0.15) is 0 Å². The zero-order valence-corrected chi connectivity index (χ0v) is 13.5. The van der Waals surface area contributed by atoms with Crippen LogP contribution >= 0.6 is 11.6 Å². The Balaban J connectivity index is 1.76. The van der Waals surface area contributed by atoms with E-state index in [2.05, 4.69) is 0 Å². The molecule has 3 aromatic rings. The second-order valence-corrected chi connectivity index (χ2v) is 5.58. The van der Waals surface area contributed by atoms with Crippen molar-refractivity contribution < 1.29 is 9.53 Å². The summed E-state index contributed by atoms with van der Waals surface area (Å²) >= 11 is 6.19. The summed E-state index contributed by atoms with van der Waals surface area (Å²) in [6.45, 7) is -0.0307. The number of halogens is 1. The van der Waals surface area contributed by atoms with Crippen LogP contribution in [0.15, 0.2) is 66.7 Å². The van der Waals surface area contributed by atoms with Gasteiger partial charge in [-0.25, -0.2) is 0 Å². The molecule has 0 N–H and O–H groups in total. The van der Waals surface area contributed by atoms with Crippen LogP contribution in [0, 0.1) is 0 Å². The normalized spacial score (nSPS) is 10.5. The summed E-state index contributed by atoms with van der Waals surface area (Å²) in [5, 5.41) is 2.48. The number of hydrogen-bond acceptors (Lipinski definition) is 2. The van der Waals surface area contributed by atoms with Gasteiger partial charge in [-0.3, -0.25) is 4.79 Å². The number of para-hydroxylation sites is 1. The lowest BCUT2D eigenvalue weighted by molar-refractivity contribution is -0.120. The van der Waals surface area contributed by atoms with Gasteiger partial charge >= 0.3 is 0 Å². The third kappa shape index (κ3) is 3.30. The fourth-order valence-corrected chi connectivity index (χ4v) is 2.62. The number of carbonyl (C=O) groups is 1. The van der Waals surface area contributed by atoms with Crippen LogP contribution in [-0.4, -0.2) is 19.6 Å². The Bertz CT molecular complexity index is 833. The molecule has 0 unspecified atom stereocenters. The fourth-order valence-electron chi connectivity index (χ4n) is 2.39. The van der Waals surface area contributed by atoms with Crippen molar-refractivity contribution in [2.75, 3.05) is 18.6 Å². The second kappa shape index (κ2) is 6.71. The number of anilines is 1. The van der Waals surface area contributed by atoms with Gasteiger partial charge in [0.1, 0.15) is 5.75 Å². The van der Waals surface area contributed by atoms with E-state index in [0.717, 1.165) is 16.5 Å². The highest BCUT2D eigenvalue weighted by atomic mass is 35.5. The summed E-state index contributed by atoms with van der Waals surface area (Å²) in [6.07, 6.45) is 0. The lowest BCUT2D eigenvalue weighted by Gasteiger charge is -2.18. The monoisotopic (exact) mass is 325 g/mol. The van der Waals surface area contributed by atoms with Crippen molar-refractivity contribution in [1.29, 1.82) is 0 Å². The maximum Gasteiger partial charge on any atom is 0.264 e. The molecular weight excluding hydrogens is 310 g/mol. The van der Waals surface area contributed by atoms with Crippen LogP contribution in [0.3, 0.4) is 0 Å². The summed E-state index contributed by atoms with van der Waals surface area (Å²) in [6, 6.07) is 20.8. The zero-order chi connectivity index (χ0) is 16.2. The molecule has 0 atom stereocenters. The SMILES string of the molecule is CN(C(=O)COc1ccc(Cl)c2ccccc12)c1ccccc1. The summed E-state index contributed by atoms with van der Waals surface area (Å²) in [5.74, 6) is 0.537. The van der Waals surface area contributed by atoms with Crippen molar-refractivity contribution >= 4 is 34.0 Å². The summed E-state index contributed by atoms with van der Waals surface area (Å²) in [4.78, 5) is 13.9. The quantitative estimate of drug-likeness (QED) is 0.705. The number of carbonyl (C=O) groups excluding carboxylic acids is 1. The van der Waals surface area contributed by atoms with E-state index in [1.807, 2.05) is 54.6 Å². The maximum absolute atomic E-state index is 12.3. The number of amides is 1. The van der Waals surface area contributed by atoms with Crippen LogP contribution in [0.4, 0.5) is 5.69 Å². The van der Waals surface area contributed by atoms with Crippen LogP contribution in [-0.2, 0) is 4.79 Å². The van der Waals surface area contributed by atoms with E-state index in [9.17, 15) is 4.79 Å². The molecule has 0 spiro atoms. The number of nitrogens with zero attached hydrogens (tertiary/aromatic N) is 1. The molecule has 0 heterocycles. The molecule has 0 aliphatic carbocycles. The van der Waals surface area contributed by atoms with Gasteiger partial charge in [-0.05, 0) is 24.3 Å². The van der Waals surface area contributed by atoms with Gasteiger partial charge in [-0.1, -0.05) is 54.1 Å². The summed E-state index contributed by atoms with van der Waals surface area (Å²) in [7, 11) is 1.74. The van der Waals surface area contributed by atoms with Gasteiger partial charge in [0.15, 0.2) is 6.61 Å². The van der Waals surface area contributed by atoms with Crippen molar-refractivity contribution in [2.24, 2.45) is 0 Å². The van der Waals surface area contributed by atoms with Crippen LogP contribution < -0.4 is 9.64 Å². The summed E-state index contributed by atoms with van der Waals surface area (Å²) in [5.41, 5.74) is 0.835. The van der Waals surface area contributed by atoms with Crippen molar-refractivity contribution in [1.82, 2.24) is 0 Å². The van der Waals surface area contributed by atoms with Gasteiger partial charge in [0, 0.05) is 28.5 Å². The van der Waals surface area contributed by atoms with E-state index in [1.54, 1.807) is 24.1 Å². The molecule has 116 valence electrons. The Morgan fingerprint density at radius 2 is 1.61 bits per heavy atom. The smallest absolute Gasteiger partial charge is 0.264 e. The predicted octanol–water partition coefficient (Wildman–Crippen LogP) is 4.54. The molecule has 3 nitrogen and oxygen atoms in total. The molecule has 0 aliphatic rings. The van der Waals surface area contributed by atoms with Gasteiger partial charge in [0.2, 0.25) is 0 Å². The first-order chi connectivity index (χ1) is 11.2. The number of likely N-dealkylation sites (N-methyl/N-ethyl adjacent to an activating group) is 1. The Kier molecular flexibility index (Phi) is 4.49. The molecule has 0 radical (unpaired) electrons.